The summed E-state index contributed by atoms with van der Waals surface area (Å²) in [5, 5.41) is 0. The third-order valence-corrected chi connectivity index (χ3v) is 4.65. The fraction of sp³-hybridized carbons (Fsp3) is 0.600. The molecule has 0 saturated heterocycles. The SMILES string of the molecule is CCCCCCc1sc(Br)cc1Br. The molecule has 0 aliphatic heterocycles. The van der Waals surface area contributed by atoms with Gasteiger partial charge in [0.1, 0.15) is 0 Å². The van der Waals surface area contributed by atoms with E-state index in [0.717, 1.165) is 0 Å². The predicted octanol–water partition coefficient (Wildman–Crippen LogP) is 5.40. The zero-order chi connectivity index (χ0) is 9.68. The van der Waals surface area contributed by atoms with Crippen LogP contribution < -0.4 is 0 Å². The maximum absolute atomic E-state index is 3.57. The fourth-order valence-electron chi connectivity index (χ4n) is 1.26. The van der Waals surface area contributed by atoms with Crippen molar-refractivity contribution < 1.29 is 0 Å². The van der Waals surface area contributed by atoms with Crippen LogP contribution in [0.25, 0.3) is 0 Å². The van der Waals surface area contributed by atoms with Gasteiger partial charge in [-0.05, 0) is 50.8 Å². The average molecular weight is 326 g/mol. The standard InChI is InChI=1S/C10H14Br2S/c1-2-3-4-5-6-9-8(11)7-10(12)13-9/h7H,2-6H2,1H3. The maximum Gasteiger partial charge on any atom is 0.0713 e. The summed E-state index contributed by atoms with van der Waals surface area (Å²) in [6, 6.07) is 2.14. The van der Waals surface area contributed by atoms with Gasteiger partial charge in [-0.25, -0.2) is 0 Å². The average Bonchev–Trinajstić information content (AvgIpc) is 2.39. The van der Waals surface area contributed by atoms with Gasteiger partial charge >= 0.3 is 0 Å². The maximum atomic E-state index is 3.57. The van der Waals surface area contributed by atoms with E-state index >= 15 is 0 Å². The Labute approximate surface area is 101 Å². The summed E-state index contributed by atoms with van der Waals surface area (Å²) in [6.07, 6.45) is 6.58. The van der Waals surface area contributed by atoms with E-state index in [2.05, 4.69) is 44.8 Å². The summed E-state index contributed by atoms with van der Waals surface area (Å²) < 4.78 is 2.49. The lowest BCUT2D eigenvalue weighted by molar-refractivity contribution is 0.669. The Morgan fingerprint density at radius 3 is 2.54 bits per heavy atom. The summed E-state index contributed by atoms with van der Waals surface area (Å²) >= 11 is 8.90. The van der Waals surface area contributed by atoms with E-state index in [1.165, 1.54) is 45.2 Å². The molecule has 0 spiro atoms. The molecular weight excluding hydrogens is 312 g/mol. The van der Waals surface area contributed by atoms with E-state index in [1.54, 1.807) is 0 Å². The van der Waals surface area contributed by atoms with E-state index in [-0.39, 0.29) is 0 Å². The second kappa shape index (κ2) is 6.20. The summed E-state index contributed by atoms with van der Waals surface area (Å²) in [5.41, 5.74) is 0. The van der Waals surface area contributed by atoms with Gasteiger partial charge in [0.15, 0.2) is 0 Å². The van der Waals surface area contributed by atoms with Gasteiger partial charge in [0.25, 0.3) is 0 Å². The van der Waals surface area contributed by atoms with E-state index in [0.29, 0.717) is 0 Å². The van der Waals surface area contributed by atoms with Crippen molar-refractivity contribution in [1.29, 1.82) is 0 Å². The number of halogens is 2. The van der Waals surface area contributed by atoms with Crippen LogP contribution in [0.1, 0.15) is 37.5 Å². The molecule has 0 nitrogen and oxygen atoms in total. The van der Waals surface area contributed by atoms with Crippen LogP contribution in [0.4, 0.5) is 0 Å². The second-order valence-corrected chi connectivity index (χ2v) is 6.50. The lowest BCUT2D eigenvalue weighted by Crippen LogP contribution is -1.81. The topological polar surface area (TPSA) is 0 Å². The number of hydrogen-bond acceptors (Lipinski definition) is 1. The van der Waals surface area contributed by atoms with E-state index in [4.69, 9.17) is 0 Å². The largest absolute Gasteiger partial charge is 0.132 e. The van der Waals surface area contributed by atoms with Crippen LogP contribution >= 0.6 is 43.2 Å². The van der Waals surface area contributed by atoms with Gasteiger partial charge in [-0.15, -0.1) is 11.3 Å². The number of rotatable bonds is 5. The van der Waals surface area contributed by atoms with Gasteiger partial charge in [-0.1, -0.05) is 26.2 Å². The van der Waals surface area contributed by atoms with E-state index < -0.39 is 0 Å². The van der Waals surface area contributed by atoms with Crippen molar-refractivity contribution in [1.82, 2.24) is 0 Å². The van der Waals surface area contributed by atoms with Crippen molar-refractivity contribution in [3.05, 3.63) is 19.2 Å². The van der Waals surface area contributed by atoms with Gasteiger partial charge in [0.2, 0.25) is 0 Å². The lowest BCUT2D eigenvalue weighted by atomic mass is 10.1. The van der Waals surface area contributed by atoms with Crippen LogP contribution in [0.2, 0.25) is 0 Å². The number of thiophene rings is 1. The van der Waals surface area contributed by atoms with Gasteiger partial charge < -0.3 is 0 Å². The first-order valence-electron chi connectivity index (χ1n) is 4.67. The first-order valence-corrected chi connectivity index (χ1v) is 7.08. The van der Waals surface area contributed by atoms with Crippen LogP contribution in [-0.2, 0) is 6.42 Å². The molecule has 0 atom stereocenters. The summed E-state index contributed by atoms with van der Waals surface area (Å²) in [5.74, 6) is 0. The van der Waals surface area contributed by atoms with Crippen molar-refractivity contribution in [2.24, 2.45) is 0 Å². The first kappa shape index (κ1) is 11.7. The number of aryl methyl sites for hydroxylation is 1. The normalized spacial score (nSPS) is 10.7. The van der Waals surface area contributed by atoms with Crippen LogP contribution in [0.3, 0.4) is 0 Å². The molecule has 0 aliphatic rings. The molecule has 0 amide bonds. The zero-order valence-electron chi connectivity index (χ0n) is 7.78. The lowest BCUT2D eigenvalue weighted by Gasteiger charge is -1.97. The highest BCUT2D eigenvalue weighted by Crippen LogP contribution is 2.32. The minimum Gasteiger partial charge on any atom is -0.132 e. The van der Waals surface area contributed by atoms with Crippen molar-refractivity contribution in [3.63, 3.8) is 0 Å². The smallest absolute Gasteiger partial charge is 0.0713 e. The number of unbranched alkanes of at least 4 members (excludes halogenated alkanes) is 3. The van der Waals surface area contributed by atoms with Crippen molar-refractivity contribution >= 4 is 43.2 Å². The van der Waals surface area contributed by atoms with Gasteiger partial charge in [0, 0.05) is 9.35 Å². The molecule has 13 heavy (non-hydrogen) atoms. The highest BCUT2D eigenvalue weighted by atomic mass is 79.9. The molecule has 1 rings (SSSR count). The molecule has 74 valence electrons. The molecule has 0 fully saturated rings. The molecule has 0 aliphatic carbocycles. The monoisotopic (exact) mass is 324 g/mol. The number of hydrogen-bond donors (Lipinski definition) is 0. The molecule has 0 N–H and O–H groups in total. The zero-order valence-corrected chi connectivity index (χ0v) is 11.8. The van der Waals surface area contributed by atoms with Crippen molar-refractivity contribution in [2.75, 3.05) is 0 Å². The summed E-state index contributed by atoms with van der Waals surface area (Å²) in [4.78, 5) is 1.47. The van der Waals surface area contributed by atoms with Crippen LogP contribution in [0, 0.1) is 0 Å². The molecule has 3 heteroatoms. The Balaban J connectivity index is 2.32. The Morgan fingerprint density at radius 2 is 2.00 bits per heavy atom. The first-order chi connectivity index (χ1) is 6.24. The summed E-state index contributed by atoms with van der Waals surface area (Å²) in [6.45, 7) is 2.25. The Morgan fingerprint density at radius 1 is 1.23 bits per heavy atom. The molecule has 0 saturated carbocycles. The van der Waals surface area contributed by atoms with Crippen molar-refractivity contribution in [3.8, 4) is 0 Å². The molecule has 0 aromatic carbocycles. The molecule has 0 unspecified atom stereocenters. The molecular formula is C10H14Br2S. The fourth-order valence-corrected chi connectivity index (χ4v) is 4.02. The Hall–Kier alpha value is 0.660. The molecule has 0 radical (unpaired) electrons. The third kappa shape index (κ3) is 4.13. The quantitative estimate of drug-likeness (QED) is 0.636. The third-order valence-electron chi connectivity index (χ3n) is 1.98. The highest BCUT2D eigenvalue weighted by Gasteiger charge is 2.04. The van der Waals surface area contributed by atoms with Crippen LogP contribution in [0.15, 0.2) is 14.3 Å². The molecule has 1 aromatic heterocycles. The summed E-state index contributed by atoms with van der Waals surface area (Å²) in [7, 11) is 0. The molecule has 0 bridgehead atoms. The van der Waals surface area contributed by atoms with Crippen LogP contribution in [-0.4, -0.2) is 0 Å². The second-order valence-electron chi connectivity index (χ2n) is 3.13. The van der Waals surface area contributed by atoms with E-state index in [1.807, 2.05) is 11.3 Å². The Kier molecular flexibility index (Phi) is 5.60. The van der Waals surface area contributed by atoms with Gasteiger partial charge in [-0.2, -0.15) is 0 Å². The minimum atomic E-state index is 1.22. The van der Waals surface area contributed by atoms with Crippen LogP contribution in [0.5, 0.6) is 0 Å². The van der Waals surface area contributed by atoms with Gasteiger partial charge in [0.05, 0.1) is 3.79 Å². The molecule has 1 heterocycles. The molecule has 1 aromatic rings. The Bertz CT molecular complexity index is 255. The van der Waals surface area contributed by atoms with E-state index in [9.17, 15) is 0 Å². The van der Waals surface area contributed by atoms with Crippen molar-refractivity contribution in [2.45, 2.75) is 39.0 Å². The highest BCUT2D eigenvalue weighted by molar-refractivity contribution is 9.11. The van der Waals surface area contributed by atoms with Gasteiger partial charge in [-0.3, -0.25) is 0 Å². The minimum absolute atomic E-state index is 1.22. The predicted molar refractivity (Wildman–Crippen MR) is 67.6 cm³/mol.